The SMILES string of the molecule is CCNC(=O)c1ccc(C)c(NC2CCCC2C)c1. The van der Waals surface area contributed by atoms with E-state index < -0.39 is 0 Å². The third kappa shape index (κ3) is 3.28. The van der Waals surface area contributed by atoms with Crippen LogP contribution in [0.2, 0.25) is 0 Å². The first-order valence-electron chi connectivity index (χ1n) is 7.27. The van der Waals surface area contributed by atoms with Crippen LogP contribution < -0.4 is 10.6 Å². The minimum Gasteiger partial charge on any atom is -0.382 e. The van der Waals surface area contributed by atoms with Crippen molar-refractivity contribution in [3.8, 4) is 0 Å². The molecular formula is C16H24N2O. The minimum atomic E-state index is 0.00465. The largest absolute Gasteiger partial charge is 0.382 e. The fraction of sp³-hybridized carbons (Fsp3) is 0.562. The molecule has 2 rings (SSSR count). The molecule has 1 amide bonds. The van der Waals surface area contributed by atoms with E-state index in [2.05, 4.69) is 24.5 Å². The van der Waals surface area contributed by atoms with E-state index in [1.54, 1.807) is 0 Å². The summed E-state index contributed by atoms with van der Waals surface area (Å²) in [4.78, 5) is 11.9. The Morgan fingerprint density at radius 2 is 2.16 bits per heavy atom. The molecule has 104 valence electrons. The van der Waals surface area contributed by atoms with E-state index in [9.17, 15) is 4.79 Å². The van der Waals surface area contributed by atoms with Gasteiger partial charge in [-0.2, -0.15) is 0 Å². The zero-order valence-electron chi connectivity index (χ0n) is 12.1. The normalized spacial score (nSPS) is 22.3. The number of nitrogens with one attached hydrogen (secondary N) is 2. The van der Waals surface area contributed by atoms with Crippen LogP contribution in [0.25, 0.3) is 0 Å². The molecule has 2 unspecified atom stereocenters. The summed E-state index contributed by atoms with van der Waals surface area (Å²) in [5, 5.41) is 6.46. The van der Waals surface area contributed by atoms with Crippen molar-refractivity contribution in [3.63, 3.8) is 0 Å². The molecule has 0 spiro atoms. The molecule has 1 aromatic rings. The Balaban J connectivity index is 2.15. The molecule has 3 nitrogen and oxygen atoms in total. The summed E-state index contributed by atoms with van der Waals surface area (Å²) in [6, 6.07) is 6.43. The Morgan fingerprint density at radius 3 is 2.79 bits per heavy atom. The van der Waals surface area contributed by atoms with Crippen molar-refractivity contribution in [1.82, 2.24) is 5.32 Å². The molecule has 2 atom stereocenters. The van der Waals surface area contributed by atoms with Gasteiger partial charge in [0.1, 0.15) is 0 Å². The summed E-state index contributed by atoms with van der Waals surface area (Å²) in [5.74, 6) is 0.720. The number of hydrogen-bond donors (Lipinski definition) is 2. The summed E-state index contributed by atoms with van der Waals surface area (Å²) < 4.78 is 0. The van der Waals surface area contributed by atoms with Crippen molar-refractivity contribution >= 4 is 11.6 Å². The number of hydrogen-bond acceptors (Lipinski definition) is 2. The Labute approximate surface area is 115 Å². The molecular weight excluding hydrogens is 236 g/mol. The van der Waals surface area contributed by atoms with Gasteiger partial charge in [-0.25, -0.2) is 0 Å². The lowest BCUT2D eigenvalue weighted by atomic mass is 10.0. The molecule has 1 fully saturated rings. The standard InChI is InChI=1S/C16H24N2O/c1-4-17-16(19)13-9-8-12(3)15(10-13)18-14-7-5-6-11(14)2/h8-11,14,18H,4-7H2,1-3H3,(H,17,19). The number of rotatable bonds is 4. The van der Waals surface area contributed by atoms with Crippen molar-refractivity contribution in [2.75, 3.05) is 11.9 Å². The van der Waals surface area contributed by atoms with Crippen molar-refractivity contribution in [1.29, 1.82) is 0 Å². The van der Waals surface area contributed by atoms with Crippen molar-refractivity contribution in [2.24, 2.45) is 5.92 Å². The van der Waals surface area contributed by atoms with E-state index in [0.29, 0.717) is 18.5 Å². The second-order valence-corrected chi connectivity index (χ2v) is 5.55. The second kappa shape index (κ2) is 6.09. The fourth-order valence-electron chi connectivity index (χ4n) is 2.74. The minimum absolute atomic E-state index is 0.00465. The Hall–Kier alpha value is -1.51. The van der Waals surface area contributed by atoms with Crippen LogP contribution in [0.1, 0.15) is 49.0 Å². The van der Waals surface area contributed by atoms with Gasteiger partial charge in [-0.1, -0.05) is 19.4 Å². The van der Waals surface area contributed by atoms with Gasteiger partial charge in [0.05, 0.1) is 0 Å². The molecule has 0 heterocycles. The van der Waals surface area contributed by atoms with Gasteiger partial charge in [-0.3, -0.25) is 4.79 Å². The van der Waals surface area contributed by atoms with Gasteiger partial charge in [0.25, 0.3) is 5.91 Å². The van der Waals surface area contributed by atoms with Crippen molar-refractivity contribution in [2.45, 2.75) is 46.1 Å². The lowest BCUT2D eigenvalue weighted by Crippen LogP contribution is -2.24. The molecule has 3 heteroatoms. The highest BCUT2D eigenvalue weighted by Gasteiger charge is 2.23. The van der Waals surface area contributed by atoms with Gasteiger partial charge in [0.15, 0.2) is 0 Å². The summed E-state index contributed by atoms with van der Waals surface area (Å²) >= 11 is 0. The zero-order valence-corrected chi connectivity index (χ0v) is 12.1. The predicted molar refractivity (Wildman–Crippen MR) is 79.6 cm³/mol. The van der Waals surface area contributed by atoms with Crippen LogP contribution in [0.4, 0.5) is 5.69 Å². The predicted octanol–water partition coefficient (Wildman–Crippen LogP) is 3.35. The molecule has 1 aromatic carbocycles. The van der Waals surface area contributed by atoms with E-state index in [-0.39, 0.29) is 5.91 Å². The van der Waals surface area contributed by atoms with Gasteiger partial charge in [-0.05, 0) is 50.3 Å². The maximum absolute atomic E-state index is 11.9. The quantitative estimate of drug-likeness (QED) is 0.871. The van der Waals surface area contributed by atoms with Gasteiger partial charge >= 0.3 is 0 Å². The fourth-order valence-corrected chi connectivity index (χ4v) is 2.74. The van der Waals surface area contributed by atoms with Crippen LogP contribution >= 0.6 is 0 Å². The Kier molecular flexibility index (Phi) is 4.46. The highest BCUT2D eigenvalue weighted by molar-refractivity contribution is 5.95. The molecule has 0 radical (unpaired) electrons. The number of amides is 1. The first-order valence-corrected chi connectivity index (χ1v) is 7.27. The van der Waals surface area contributed by atoms with Gasteiger partial charge in [0, 0.05) is 23.8 Å². The second-order valence-electron chi connectivity index (χ2n) is 5.55. The molecule has 1 aliphatic carbocycles. The summed E-state index contributed by atoms with van der Waals surface area (Å²) in [6.07, 6.45) is 3.83. The van der Waals surface area contributed by atoms with Crippen molar-refractivity contribution in [3.05, 3.63) is 29.3 Å². The number of anilines is 1. The topological polar surface area (TPSA) is 41.1 Å². The van der Waals surface area contributed by atoms with E-state index >= 15 is 0 Å². The number of benzene rings is 1. The van der Waals surface area contributed by atoms with Gasteiger partial charge < -0.3 is 10.6 Å². The maximum Gasteiger partial charge on any atom is 0.251 e. The average Bonchev–Trinajstić information content (AvgIpc) is 2.78. The maximum atomic E-state index is 11.9. The van der Waals surface area contributed by atoms with Crippen LogP contribution in [-0.2, 0) is 0 Å². The van der Waals surface area contributed by atoms with Crippen LogP contribution in [0.15, 0.2) is 18.2 Å². The first-order chi connectivity index (χ1) is 9.11. The smallest absolute Gasteiger partial charge is 0.251 e. The molecule has 1 aliphatic rings. The first kappa shape index (κ1) is 13.9. The number of carbonyl (C=O) groups is 1. The third-order valence-corrected chi connectivity index (χ3v) is 4.04. The lowest BCUT2D eigenvalue weighted by molar-refractivity contribution is 0.0956. The molecule has 2 N–H and O–H groups in total. The molecule has 1 saturated carbocycles. The number of aryl methyl sites for hydroxylation is 1. The molecule has 0 bridgehead atoms. The highest BCUT2D eigenvalue weighted by atomic mass is 16.1. The monoisotopic (exact) mass is 260 g/mol. The van der Waals surface area contributed by atoms with E-state index in [1.807, 2.05) is 25.1 Å². The van der Waals surface area contributed by atoms with Crippen LogP contribution in [-0.4, -0.2) is 18.5 Å². The number of carbonyl (C=O) groups excluding carboxylic acids is 1. The van der Waals surface area contributed by atoms with Crippen molar-refractivity contribution < 1.29 is 4.79 Å². The molecule has 0 saturated heterocycles. The third-order valence-electron chi connectivity index (χ3n) is 4.04. The lowest BCUT2D eigenvalue weighted by Gasteiger charge is -2.20. The summed E-state index contributed by atoms with van der Waals surface area (Å²) in [7, 11) is 0. The van der Waals surface area contributed by atoms with Crippen LogP contribution in [0.3, 0.4) is 0 Å². The summed E-state index contributed by atoms with van der Waals surface area (Å²) in [6.45, 7) is 6.98. The van der Waals surface area contributed by atoms with Gasteiger partial charge in [0.2, 0.25) is 0 Å². The molecule has 0 aromatic heterocycles. The van der Waals surface area contributed by atoms with E-state index in [0.717, 1.165) is 11.3 Å². The highest BCUT2D eigenvalue weighted by Crippen LogP contribution is 2.29. The van der Waals surface area contributed by atoms with Crippen LogP contribution in [0, 0.1) is 12.8 Å². The molecule has 0 aliphatic heterocycles. The Morgan fingerprint density at radius 1 is 1.37 bits per heavy atom. The van der Waals surface area contributed by atoms with Crippen LogP contribution in [0.5, 0.6) is 0 Å². The van der Waals surface area contributed by atoms with E-state index in [4.69, 9.17) is 0 Å². The summed E-state index contributed by atoms with van der Waals surface area (Å²) in [5.41, 5.74) is 3.04. The van der Waals surface area contributed by atoms with E-state index in [1.165, 1.54) is 24.8 Å². The zero-order chi connectivity index (χ0) is 13.8. The molecule has 19 heavy (non-hydrogen) atoms. The van der Waals surface area contributed by atoms with Gasteiger partial charge in [-0.15, -0.1) is 0 Å². The average molecular weight is 260 g/mol. The Bertz CT molecular complexity index is 456.